The predicted molar refractivity (Wildman–Crippen MR) is 112 cm³/mol. The maximum atomic E-state index is 12.6. The van der Waals surface area contributed by atoms with Crippen LogP contribution in [0.2, 0.25) is 0 Å². The third-order valence-corrected chi connectivity index (χ3v) is 6.00. The van der Waals surface area contributed by atoms with Crippen LogP contribution in [0.3, 0.4) is 0 Å². The lowest BCUT2D eigenvalue weighted by Gasteiger charge is -2.11. The summed E-state index contributed by atoms with van der Waals surface area (Å²) < 4.78 is 27.4. The van der Waals surface area contributed by atoms with E-state index < -0.39 is 15.9 Å². The van der Waals surface area contributed by atoms with E-state index in [4.69, 9.17) is 0 Å². The molecule has 0 aliphatic heterocycles. The lowest BCUT2D eigenvalue weighted by atomic mass is 10.2. The van der Waals surface area contributed by atoms with Gasteiger partial charge in [-0.15, -0.1) is 0 Å². The maximum Gasteiger partial charge on any atom is 0.255 e. The van der Waals surface area contributed by atoms with Crippen molar-refractivity contribution in [3.8, 4) is 0 Å². The zero-order valence-corrected chi connectivity index (χ0v) is 17.3. The maximum absolute atomic E-state index is 12.6. The van der Waals surface area contributed by atoms with Crippen LogP contribution in [0, 0.1) is 11.8 Å². The van der Waals surface area contributed by atoms with Crippen molar-refractivity contribution in [2.24, 2.45) is 11.8 Å². The second-order valence-electron chi connectivity index (χ2n) is 7.50. The molecule has 29 heavy (non-hydrogen) atoms. The summed E-state index contributed by atoms with van der Waals surface area (Å²) in [7, 11) is -3.65. The Hall–Kier alpha value is -2.71. The molecule has 3 N–H and O–H groups in total. The average Bonchev–Trinajstić information content (AvgIpc) is 3.51. The van der Waals surface area contributed by atoms with Crippen LogP contribution in [0.4, 0.5) is 11.4 Å². The van der Waals surface area contributed by atoms with Gasteiger partial charge in [0.2, 0.25) is 15.9 Å². The summed E-state index contributed by atoms with van der Waals surface area (Å²) >= 11 is 0. The van der Waals surface area contributed by atoms with Crippen molar-refractivity contribution in [3.05, 3.63) is 54.1 Å². The Morgan fingerprint density at radius 1 is 1.00 bits per heavy atom. The summed E-state index contributed by atoms with van der Waals surface area (Å²) in [5, 5.41) is 5.51. The minimum Gasteiger partial charge on any atom is -0.326 e. The number of hydrogen-bond acceptors (Lipinski definition) is 4. The van der Waals surface area contributed by atoms with Crippen LogP contribution in [0.1, 0.15) is 37.0 Å². The van der Waals surface area contributed by atoms with Gasteiger partial charge in [0, 0.05) is 29.4 Å². The van der Waals surface area contributed by atoms with Crippen molar-refractivity contribution >= 4 is 33.2 Å². The molecule has 3 rings (SSSR count). The molecule has 1 aliphatic carbocycles. The highest BCUT2D eigenvalue weighted by molar-refractivity contribution is 7.89. The minimum absolute atomic E-state index is 0.0590. The first kappa shape index (κ1) is 21.0. The number of sulfonamides is 1. The van der Waals surface area contributed by atoms with Crippen molar-refractivity contribution in [2.75, 3.05) is 17.2 Å². The molecule has 8 heteroatoms. The van der Waals surface area contributed by atoms with Crippen LogP contribution in [0.25, 0.3) is 0 Å². The number of amides is 2. The van der Waals surface area contributed by atoms with Gasteiger partial charge in [0.25, 0.3) is 5.91 Å². The topological polar surface area (TPSA) is 104 Å². The first-order valence-electron chi connectivity index (χ1n) is 9.56. The van der Waals surface area contributed by atoms with Gasteiger partial charge in [0.05, 0.1) is 4.90 Å². The molecule has 0 spiro atoms. The van der Waals surface area contributed by atoms with Gasteiger partial charge in [-0.25, -0.2) is 13.1 Å². The van der Waals surface area contributed by atoms with Crippen LogP contribution < -0.4 is 15.4 Å². The molecule has 0 radical (unpaired) electrons. The van der Waals surface area contributed by atoms with Crippen LogP contribution in [0.15, 0.2) is 53.4 Å². The number of rotatable bonds is 8. The van der Waals surface area contributed by atoms with Crippen molar-refractivity contribution in [3.63, 3.8) is 0 Å². The van der Waals surface area contributed by atoms with E-state index in [9.17, 15) is 18.0 Å². The van der Waals surface area contributed by atoms with E-state index in [0.29, 0.717) is 23.8 Å². The lowest BCUT2D eigenvalue weighted by molar-refractivity contribution is -0.118. The Morgan fingerprint density at radius 2 is 1.66 bits per heavy atom. The van der Waals surface area contributed by atoms with E-state index in [0.717, 1.165) is 12.8 Å². The number of carbonyl (C=O) groups excluding carboxylic acids is 2. The Bertz CT molecular complexity index is 1010. The van der Waals surface area contributed by atoms with Crippen molar-refractivity contribution < 1.29 is 18.0 Å². The zero-order valence-electron chi connectivity index (χ0n) is 16.4. The van der Waals surface area contributed by atoms with E-state index in [1.54, 1.807) is 50.2 Å². The van der Waals surface area contributed by atoms with E-state index in [2.05, 4.69) is 15.4 Å². The first-order chi connectivity index (χ1) is 13.7. The highest BCUT2D eigenvalue weighted by Crippen LogP contribution is 2.28. The van der Waals surface area contributed by atoms with Crippen molar-refractivity contribution in [1.82, 2.24) is 4.72 Å². The summed E-state index contributed by atoms with van der Waals surface area (Å²) in [4.78, 5) is 24.5. The Balaban J connectivity index is 1.70. The number of hydrogen-bond donors (Lipinski definition) is 3. The molecule has 0 aromatic heterocycles. The summed E-state index contributed by atoms with van der Waals surface area (Å²) in [6.45, 7) is 4.01. The third kappa shape index (κ3) is 5.88. The monoisotopic (exact) mass is 415 g/mol. The first-order valence-corrected chi connectivity index (χ1v) is 11.0. The van der Waals surface area contributed by atoms with Crippen LogP contribution in [0.5, 0.6) is 0 Å². The summed E-state index contributed by atoms with van der Waals surface area (Å²) in [6.07, 6.45) is 2.09. The molecule has 2 aromatic rings. The fourth-order valence-electron chi connectivity index (χ4n) is 2.60. The highest BCUT2D eigenvalue weighted by atomic mass is 32.2. The van der Waals surface area contributed by atoms with Crippen LogP contribution in [-0.2, 0) is 14.8 Å². The standard InChI is InChI=1S/C21H25N3O4S/c1-14(2)20(25)23-17-6-4-7-18(12-17)24-21(26)16-5-3-8-19(11-16)29(27,28)22-13-15-9-10-15/h3-8,11-12,14-15,22H,9-10,13H2,1-2H3,(H,23,25)(H,24,26). The quantitative estimate of drug-likeness (QED) is 0.616. The molecular formula is C21H25N3O4S. The molecule has 0 unspecified atom stereocenters. The van der Waals surface area contributed by atoms with Crippen LogP contribution >= 0.6 is 0 Å². The molecule has 154 valence electrons. The highest BCUT2D eigenvalue weighted by Gasteiger charge is 2.24. The number of nitrogens with one attached hydrogen (secondary N) is 3. The van der Waals surface area contributed by atoms with E-state index >= 15 is 0 Å². The molecular weight excluding hydrogens is 390 g/mol. The Kier molecular flexibility index (Phi) is 6.34. The van der Waals surface area contributed by atoms with Gasteiger partial charge < -0.3 is 10.6 Å². The average molecular weight is 416 g/mol. The third-order valence-electron chi connectivity index (χ3n) is 4.58. The van der Waals surface area contributed by atoms with Gasteiger partial charge >= 0.3 is 0 Å². The Morgan fingerprint density at radius 3 is 2.31 bits per heavy atom. The lowest BCUT2D eigenvalue weighted by Crippen LogP contribution is -2.26. The normalized spacial score (nSPS) is 13.9. The second kappa shape index (κ2) is 8.75. The molecule has 0 bridgehead atoms. The molecule has 0 saturated heterocycles. The van der Waals surface area contributed by atoms with Gasteiger partial charge in [0.15, 0.2) is 0 Å². The summed E-state index contributed by atoms with van der Waals surface area (Å²) in [6, 6.07) is 12.7. The summed E-state index contributed by atoms with van der Waals surface area (Å²) in [5.41, 5.74) is 1.30. The van der Waals surface area contributed by atoms with Gasteiger partial charge in [0.1, 0.15) is 0 Å². The number of anilines is 2. The largest absolute Gasteiger partial charge is 0.326 e. The van der Waals surface area contributed by atoms with E-state index in [1.807, 2.05) is 0 Å². The molecule has 1 aliphatic rings. The van der Waals surface area contributed by atoms with Crippen LogP contribution in [-0.4, -0.2) is 26.8 Å². The summed E-state index contributed by atoms with van der Waals surface area (Å²) in [5.74, 6) is -0.298. The molecule has 7 nitrogen and oxygen atoms in total. The second-order valence-corrected chi connectivity index (χ2v) is 9.27. The van der Waals surface area contributed by atoms with Gasteiger partial charge in [-0.3, -0.25) is 9.59 Å². The fraction of sp³-hybridized carbons (Fsp3) is 0.333. The molecule has 2 amide bonds. The van der Waals surface area contributed by atoms with Gasteiger partial charge in [-0.1, -0.05) is 26.0 Å². The number of carbonyl (C=O) groups is 2. The SMILES string of the molecule is CC(C)C(=O)Nc1cccc(NC(=O)c2cccc(S(=O)(=O)NCC3CC3)c2)c1. The van der Waals surface area contributed by atoms with Gasteiger partial charge in [-0.05, 0) is 55.2 Å². The minimum atomic E-state index is -3.65. The van der Waals surface area contributed by atoms with E-state index in [-0.39, 0.29) is 22.3 Å². The van der Waals surface area contributed by atoms with Crippen molar-refractivity contribution in [2.45, 2.75) is 31.6 Å². The van der Waals surface area contributed by atoms with E-state index in [1.165, 1.54) is 12.1 Å². The fourth-order valence-corrected chi connectivity index (χ4v) is 3.76. The zero-order chi connectivity index (χ0) is 21.0. The van der Waals surface area contributed by atoms with Gasteiger partial charge in [-0.2, -0.15) is 0 Å². The molecule has 0 atom stereocenters. The predicted octanol–water partition coefficient (Wildman–Crippen LogP) is 3.22. The smallest absolute Gasteiger partial charge is 0.255 e. The molecule has 2 aromatic carbocycles. The number of benzene rings is 2. The Labute approximate surface area is 171 Å². The van der Waals surface area contributed by atoms with Crippen molar-refractivity contribution in [1.29, 1.82) is 0 Å². The molecule has 1 saturated carbocycles. The molecule has 1 fully saturated rings. The molecule has 0 heterocycles.